The highest BCUT2D eigenvalue weighted by molar-refractivity contribution is 7.89. The van der Waals surface area contributed by atoms with E-state index in [0.29, 0.717) is 5.69 Å². The van der Waals surface area contributed by atoms with Gasteiger partial charge in [0.05, 0.1) is 16.2 Å². The monoisotopic (exact) mass is 478 g/mol. The van der Waals surface area contributed by atoms with Gasteiger partial charge in [0, 0.05) is 25.2 Å². The van der Waals surface area contributed by atoms with Gasteiger partial charge in [0.1, 0.15) is 5.69 Å². The second kappa shape index (κ2) is 11.2. The van der Waals surface area contributed by atoms with E-state index in [9.17, 15) is 32.9 Å². The second-order valence-corrected chi connectivity index (χ2v) is 8.52. The van der Waals surface area contributed by atoms with E-state index < -0.39 is 32.9 Å². The summed E-state index contributed by atoms with van der Waals surface area (Å²) in [5, 5.41) is 15.8. The number of ether oxygens (including phenoxy) is 1. The SMILES string of the molecule is CC(=O)Nc1ccc(S(=O)(=O)NCCC(=O)OC(C)C(=O)Nc2ccccc2[N+](=O)[O-])cc1. The van der Waals surface area contributed by atoms with Crippen LogP contribution < -0.4 is 15.4 Å². The van der Waals surface area contributed by atoms with E-state index in [1.54, 1.807) is 0 Å². The largest absolute Gasteiger partial charge is 0.452 e. The van der Waals surface area contributed by atoms with Crippen molar-refractivity contribution in [1.29, 1.82) is 0 Å². The summed E-state index contributed by atoms with van der Waals surface area (Å²) in [6.45, 7) is 2.32. The summed E-state index contributed by atoms with van der Waals surface area (Å²) in [5.41, 5.74) is 0.0645. The predicted molar refractivity (Wildman–Crippen MR) is 118 cm³/mol. The van der Waals surface area contributed by atoms with Gasteiger partial charge in [-0.1, -0.05) is 12.1 Å². The average Bonchev–Trinajstić information content (AvgIpc) is 2.73. The Balaban J connectivity index is 1.85. The first-order valence-electron chi connectivity index (χ1n) is 9.60. The van der Waals surface area contributed by atoms with E-state index in [1.165, 1.54) is 62.4 Å². The average molecular weight is 478 g/mol. The van der Waals surface area contributed by atoms with E-state index in [2.05, 4.69) is 15.4 Å². The molecule has 2 amide bonds. The van der Waals surface area contributed by atoms with E-state index >= 15 is 0 Å². The van der Waals surface area contributed by atoms with Gasteiger partial charge < -0.3 is 15.4 Å². The van der Waals surface area contributed by atoms with Crippen LogP contribution in [0.1, 0.15) is 20.3 Å². The Morgan fingerprint density at radius 2 is 1.70 bits per heavy atom. The molecular weight excluding hydrogens is 456 g/mol. The van der Waals surface area contributed by atoms with Crippen LogP contribution in [0.4, 0.5) is 17.1 Å². The molecule has 1 atom stereocenters. The highest BCUT2D eigenvalue weighted by Crippen LogP contribution is 2.23. The number of anilines is 2. The molecule has 33 heavy (non-hydrogen) atoms. The lowest BCUT2D eigenvalue weighted by molar-refractivity contribution is -0.383. The van der Waals surface area contributed by atoms with E-state index in [0.717, 1.165) is 0 Å². The summed E-state index contributed by atoms with van der Waals surface area (Å²) in [6.07, 6.45) is -1.62. The highest BCUT2D eigenvalue weighted by Gasteiger charge is 2.22. The molecule has 0 spiro atoms. The third-order valence-corrected chi connectivity index (χ3v) is 5.62. The van der Waals surface area contributed by atoms with Crippen molar-refractivity contribution in [3.8, 4) is 0 Å². The van der Waals surface area contributed by atoms with Crippen molar-refractivity contribution in [3.63, 3.8) is 0 Å². The van der Waals surface area contributed by atoms with E-state index in [-0.39, 0.29) is 35.1 Å². The molecule has 0 aromatic heterocycles. The highest BCUT2D eigenvalue weighted by atomic mass is 32.2. The Hall–Kier alpha value is -3.84. The number of nitro benzene ring substituents is 1. The molecule has 0 radical (unpaired) electrons. The molecule has 2 aromatic carbocycles. The Labute approximate surface area is 189 Å². The summed E-state index contributed by atoms with van der Waals surface area (Å²) in [4.78, 5) is 45.5. The predicted octanol–water partition coefficient (Wildman–Crippen LogP) is 1.79. The van der Waals surface area contributed by atoms with Crippen LogP contribution in [-0.2, 0) is 29.1 Å². The maximum Gasteiger partial charge on any atom is 0.307 e. The third kappa shape index (κ3) is 7.66. The maximum absolute atomic E-state index is 12.3. The molecular formula is C20H22N4O8S. The summed E-state index contributed by atoms with van der Waals surface area (Å²) >= 11 is 0. The number of carbonyl (C=O) groups is 3. The Morgan fingerprint density at radius 1 is 1.06 bits per heavy atom. The van der Waals surface area contributed by atoms with Gasteiger partial charge in [0.25, 0.3) is 11.6 Å². The first-order chi connectivity index (χ1) is 15.5. The number of hydrogen-bond donors (Lipinski definition) is 3. The van der Waals surface area contributed by atoms with Crippen molar-refractivity contribution in [3.05, 3.63) is 58.6 Å². The Morgan fingerprint density at radius 3 is 2.30 bits per heavy atom. The van der Waals surface area contributed by atoms with Gasteiger partial charge in [0.2, 0.25) is 15.9 Å². The first-order valence-corrected chi connectivity index (χ1v) is 11.1. The number of nitrogens with one attached hydrogen (secondary N) is 3. The quantitative estimate of drug-likeness (QED) is 0.263. The second-order valence-electron chi connectivity index (χ2n) is 6.75. The standard InChI is InChI=1S/C20H22N4O8S/c1-13(20(27)23-17-5-3-4-6-18(17)24(28)29)32-19(26)11-12-21-33(30,31)16-9-7-15(8-10-16)22-14(2)25/h3-10,13,21H,11-12H2,1-2H3,(H,22,25)(H,23,27). The smallest absolute Gasteiger partial charge is 0.307 e. The van der Waals surface area contributed by atoms with Crippen molar-refractivity contribution in [1.82, 2.24) is 4.72 Å². The zero-order valence-electron chi connectivity index (χ0n) is 17.7. The van der Waals surface area contributed by atoms with Gasteiger partial charge in [-0.2, -0.15) is 0 Å². The molecule has 3 N–H and O–H groups in total. The molecule has 0 saturated carbocycles. The summed E-state index contributed by atoms with van der Waals surface area (Å²) < 4.78 is 31.8. The zero-order chi connectivity index (χ0) is 24.6. The molecule has 0 aliphatic rings. The number of hydrogen-bond acceptors (Lipinski definition) is 8. The molecule has 0 aliphatic heterocycles. The van der Waals surface area contributed by atoms with Gasteiger partial charge >= 0.3 is 5.97 Å². The van der Waals surface area contributed by atoms with Gasteiger partial charge in [-0.05, 0) is 37.3 Å². The van der Waals surface area contributed by atoms with Gasteiger partial charge in [-0.15, -0.1) is 0 Å². The molecule has 1 unspecified atom stereocenters. The number of nitro groups is 1. The maximum atomic E-state index is 12.3. The lowest BCUT2D eigenvalue weighted by Crippen LogP contribution is -2.32. The van der Waals surface area contributed by atoms with Crippen molar-refractivity contribution in [2.75, 3.05) is 17.2 Å². The summed E-state index contributed by atoms with van der Waals surface area (Å²) in [7, 11) is -3.91. The molecule has 12 nitrogen and oxygen atoms in total. The zero-order valence-corrected chi connectivity index (χ0v) is 18.5. The van der Waals surface area contributed by atoms with Crippen LogP contribution in [0.2, 0.25) is 0 Å². The Kier molecular flexibility index (Phi) is 8.59. The van der Waals surface area contributed by atoms with Crippen molar-refractivity contribution in [2.24, 2.45) is 0 Å². The first kappa shape index (κ1) is 25.4. The molecule has 176 valence electrons. The fraction of sp³-hybridized carbons (Fsp3) is 0.250. The number of para-hydroxylation sites is 2. The molecule has 0 saturated heterocycles. The molecule has 0 fully saturated rings. The van der Waals surface area contributed by atoms with Crippen LogP contribution in [0.25, 0.3) is 0 Å². The van der Waals surface area contributed by atoms with Crippen LogP contribution in [0.15, 0.2) is 53.4 Å². The molecule has 2 rings (SSSR count). The molecule has 0 aliphatic carbocycles. The minimum Gasteiger partial charge on any atom is -0.452 e. The summed E-state index contributed by atoms with van der Waals surface area (Å²) in [5.74, 6) is -1.92. The third-order valence-electron chi connectivity index (χ3n) is 4.14. The molecule has 2 aromatic rings. The Bertz CT molecular complexity index is 1150. The number of carbonyl (C=O) groups excluding carboxylic acids is 3. The number of esters is 1. The fourth-order valence-electron chi connectivity index (χ4n) is 2.57. The number of nitrogens with zero attached hydrogens (tertiary/aromatic N) is 1. The molecule has 0 heterocycles. The molecule has 0 bridgehead atoms. The minimum absolute atomic E-state index is 0.0484. The topological polar surface area (TPSA) is 174 Å². The normalized spacial score (nSPS) is 11.8. The summed E-state index contributed by atoms with van der Waals surface area (Å²) in [6, 6.07) is 10.9. The van der Waals surface area contributed by atoms with E-state index in [4.69, 9.17) is 4.74 Å². The van der Waals surface area contributed by atoms with Crippen LogP contribution in [0, 0.1) is 10.1 Å². The van der Waals surface area contributed by atoms with Crippen LogP contribution in [0.5, 0.6) is 0 Å². The van der Waals surface area contributed by atoms with Gasteiger partial charge in [0.15, 0.2) is 6.10 Å². The van der Waals surface area contributed by atoms with Crippen molar-refractivity contribution >= 4 is 44.9 Å². The van der Waals surface area contributed by atoms with Crippen molar-refractivity contribution < 1.29 is 32.5 Å². The minimum atomic E-state index is -3.91. The van der Waals surface area contributed by atoms with E-state index in [1.807, 2.05) is 0 Å². The fourth-order valence-corrected chi connectivity index (χ4v) is 3.61. The van der Waals surface area contributed by atoms with Gasteiger partial charge in [-0.25, -0.2) is 13.1 Å². The number of sulfonamides is 1. The van der Waals surface area contributed by atoms with Crippen LogP contribution in [0.3, 0.4) is 0 Å². The lowest BCUT2D eigenvalue weighted by Gasteiger charge is -2.14. The number of benzene rings is 2. The van der Waals surface area contributed by atoms with Crippen LogP contribution in [-0.4, -0.2) is 43.8 Å². The van der Waals surface area contributed by atoms with Crippen molar-refractivity contribution in [2.45, 2.75) is 31.3 Å². The lowest BCUT2D eigenvalue weighted by atomic mass is 10.2. The molecule has 13 heteroatoms. The number of amides is 2. The van der Waals surface area contributed by atoms with Crippen LogP contribution >= 0.6 is 0 Å². The number of rotatable bonds is 10. The van der Waals surface area contributed by atoms with Gasteiger partial charge in [-0.3, -0.25) is 24.5 Å².